The van der Waals surface area contributed by atoms with Crippen LogP contribution in [0.5, 0.6) is 5.75 Å². The molecule has 0 spiro atoms. The van der Waals surface area contributed by atoms with Gasteiger partial charge < -0.3 is 15.4 Å². The van der Waals surface area contributed by atoms with Crippen LogP contribution in [0.1, 0.15) is 28.8 Å². The molecule has 0 amide bonds. The Labute approximate surface area is 201 Å². The van der Waals surface area contributed by atoms with E-state index in [1.54, 1.807) is 49.6 Å². The Kier molecular flexibility index (Phi) is 5.81. The molecular weight excluding hydrogens is 444 g/mol. The molecule has 174 valence electrons. The molecule has 35 heavy (non-hydrogen) atoms. The molecule has 10 heteroatoms. The number of para-hydroxylation sites is 1. The summed E-state index contributed by atoms with van der Waals surface area (Å²) in [7, 11) is 3.38. The zero-order valence-electron chi connectivity index (χ0n) is 19.2. The number of ether oxygens (including phenoxy) is 1. The van der Waals surface area contributed by atoms with Crippen LogP contribution in [-0.2, 0) is 7.05 Å². The molecule has 1 aromatic carbocycles. The van der Waals surface area contributed by atoms with Crippen LogP contribution < -0.4 is 15.4 Å². The molecule has 0 bridgehead atoms. The minimum Gasteiger partial charge on any atom is -0.494 e. The van der Waals surface area contributed by atoms with Gasteiger partial charge >= 0.3 is 0 Å². The van der Waals surface area contributed by atoms with Crippen LogP contribution in [0.3, 0.4) is 0 Å². The molecule has 0 aliphatic heterocycles. The van der Waals surface area contributed by atoms with Crippen LogP contribution in [0.25, 0.3) is 11.4 Å². The third kappa shape index (κ3) is 4.65. The van der Waals surface area contributed by atoms with Crippen LogP contribution >= 0.6 is 0 Å². The number of methoxy groups -OCH3 is 1. The summed E-state index contributed by atoms with van der Waals surface area (Å²) in [5.74, 6) is 2.21. The summed E-state index contributed by atoms with van der Waals surface area (Å²) in [5.41, 5.74) is 2.95. The van der Waals surface area contributed by atoms with Crippen LogP contribution in [0.4, 0.5) is 23.0 Å². The number of nitrogens with one attached hydrogen (secondary N) is 2. The Morgan fingerprint density at radius 1 is 1.09 bits per heavy atom. The number of anilines is 4. The van der Waals surface area contributed by atoms with Crippen LogP contribution in [0.2, 0.25) is 0 Å². The number of pyridine rings is 2. The van der Waals surface area contributed by atoms with Crippen molar-refractivity contribution >= 4 is 28.8 Å². The molecule has 0 saturated heterocycles. The topological polar surface area (TPSA) is 131 Å². The molecule has 3 heterocycles. The van der Waals surface area contributed by atoms with Crippen molar-refractivity contribution in [2.24, 2.45) is 13.0 Å². The molecule has 0 radical (unpaired) electrons. The molecule has 1 aliphatic carbocycles. The first kappa shape index (κ1) is 22.0. The van der Waals surface area contributed by atoms with E-state index in [-0.39, 0.29) is 11.7 Å². The van der Waals surface area contributed by atoms with Crippen LogP contribution in [0, 0.1) is 17.2 Å². The minimum atomic E-state index is 0.0299. The monoisotopic (exact) mass is 466 g/mol. The van der Waals surface area contributed by atoms with E-state index in [4.69, 9.17) is 10.00 Å². The van der Waals surface area contributed by atoms with E-state index in [0.717, 1.165) is 18.4 Å². The first-order chi connectivity index (χ1) is 17.1. The van der Waals surface area contributed by atoms with Gasteiger partial charge in [-0.15, -0.1) is 0 Å². The summed E-state index contributed by atoms with van der Waals surface area (Å²) in [4.78, 5) is 26.0. The van der Waals surface area contributed by atoms with E-state index in [9.17, 15) is 4.79 Å². The van der Waals surface area contributed by atoms with Crippen molar-refractivity contribution in [1.82, 2.24) is 24.7 Å². The molecule has 5 rings (SSSR count). The van der Waals surface area contributed by atoms with Crippen molar-refractivity contribution in [3.8, 4) is 23.2 Å². The fraction of sp³-hybridized carbons (Fsp3) is 0.200. The lowest BCUT2D eigenvalue weighted by Gasteiger charge is -2.17. The second kappa shape index (κ2) is 9.23. The van der Waals surface area contributed by atoms with Crippen molar-refractivity contribution in [2.75, 3.05) is 17.7 Å². The van der Waals surface area contributed by atoms with Gasteiger partial charge in [-0.25, -0.2) is 15.0 Å². The molecule has 3 aromatic heterocycles. The lowest BCUT2D eigenvalue weighted by Crippen LogP contribution is -2.09. The number of ketones is 1. The molecule has 10 nitrogen and oxygen atoms in total. The Bertz CT molecular complexity index is 1430. The maximum absolute atomic E-state index is 13.0. The molecule has 2 N–H and O–H groups in total. The summed E-state index contributed by atoms with van der Waals surface area (Å²) in [5, 5.41) is 19.9. The maximum atomic E-state index is 13.0. The van der Waals surface area contributed by atoms with Gasteiger partial charge in [0.25, 0.3) is 0 Å². The molecular formula is C25H22N8O2. The SMILES string of the molecule is COc1c(Nc2cc(Nc3ccc(C#N)cn3)ncc2C(=O)C2CC2)cccc1-c1ncn(C)n1. The third-order valence-electron chi connectivity index (χ3n) is 5.60. The predicted molar refractivity (Wildman–Crippen MR) is 130 cm³/mol. The Morgan fingerprint density at radius 2 is 1.91 bits per heavy atom. The molecule has 0 unspecified atom stereocenters. The second-order valence-corrected chi connectivity index (χ2v) is 8.18. The normalized spacial score (nSPS) is 12.6. The first-order valence-electron chi connectivity index (χ1n) is 11.0. The van der Waals surface area contributed by atoms with Gasteiger partial charge in [0.05, 0.1) is 35.2 Å². The number of carbonyl (C=O) groups excluding carboxylic acids is 1. The summed E-state index contributed by atoms with van der Waals surface area (Å²) < 4.78 is 7.34. The molecule has 0 atom stereocenters. The molecule has 1 saturated carbocycles. The first-order valence-corrected chi connectivity index (χ1v) is 11.0. The highest BCUT2D eigenvalue weighted by molar-refractivity contribution is 6.04. The average molecular weight is 467 g/mol. The van der Waals surface area contributed by atoms with Gasteiger partial charge in [0, 0.05) is 31.4 Å². The quantitative estimate of drug-likeness (QED) is 0.366. The van der Waals surface area contributed by atoms with Gasteiger partial charge in [-0.05, 0) is 37.1 Å². The van der Waals surface area contributed by atoms with E-state index in [0.29, 0.717) is 45.7 Å². The number of hydrogen-bond donors (Lipinski definition) is 2. The fourth-order valence-corrected chi connectivity index (χ4v) is 3.69. The Balaban J connectivity index is 1.51. The van der Waals surface area contributed by atoms with Crippen molar-refractivity contribution in [3.63, 3.8) is 0 Å². The smallest absolute Gasteiger partial charge is 0.184 e. The summed E-state index contributed by atoms with van der Waals surface area (Å²) in [6, 6.07) is 12.8. The van der Waals surface area contributed by atoms with Crippen molar-refractivity contribution in [1.29, 1.82) is 5.26 Å². The Hall–Kier alpha value is -4.78. The largest absolute Gasteiger partial charge is 0.494 e. The minimum absolute atomic E-state index is 0.0299. The number of nitriles is 1. The van der Waals surface area contributed by atoms with Gasteiger partial charge in [-0.2, -0.15) is 10.4 Å². The molecule has 4 aromatic rings. The van der Waals surface area contributed by atoms with Gasteiger partial charge in [0.15, 0.2) is 17.4 Å². The highest BCUT2D eigenvalue weighted by atomic mass is 16.5. The van der Waals surface area contributed by atoms with Gasteiger partial charge in [-0.3, -0.25) is 9.48 Å². The number of nitrogens with zero attached hydrogens (tertiary/aromatic N) is 6. The predicted octanol–water partition coefficient (Wildman–Crippen LogP) is 4.23. The number of Topliss-reactive ketones (excluding diaryl/α,β-unsaturated/α-hetero) is 1. The van der Waals surface area contributed by atoms with Crippen molar-refractivity contribution < 1.29 is 9.53 Å². The summed E-state index contributed by atoms with van der Waals surface area (Å²) >= 11 is 0. The van der Waals surface area contributed by atoms with Gasteiger partial charge in [0.1, 0.15) is 24.0 Å². The lowest BCUT2D eigenvalue weighted by molar-refractivity contribution is 0.0968. The number of aromatic nitrogens is 5. The van der Waals surface area contributed by atoms with Crippen molar-refractivity contribution in [3.05, 3.63) is 66.2 Å². The van der Waals surface area contributed by atoms with Gasteiger partial charge in [-0.1, -0.05) is 6.07 Å². The highest BCUT2D eigenvalue weighted by Crippen LogP contribution is 2.39. The van der Waals surface area contributed by atoms with E-state index < -0.39 is 0 Å². The van der Waals surface area contributed by atoms with E-state index >= 15 is 0 Å². The Morgan fingerprint density at radius 3 is 2.57 bits per heavy atom. The number of benzene rings is 1. The number of carbonyl (C=O) groups is 1. The second-order valence-electron chi connectivity index (χ2n) is 8.18. The maximum Gasteiger partial charge on any atom is 0.184 e. The van der Waals surface area contributed by atoms with E-state index in [2.05, 4.69) is 30.7 Å². The third-order valence-corrected chi connectivity index (χ3v) is 5.60. The van der Waals surface area contributed by atoms with E-state index in [1.165, 1.54) is 6.20 Å². The number of hydrogen-bond acceptors (Lipinski definition) is 9. The standard InChI is InChI=1S/C25H22N8O2/c1-33-14-29-25(32-33)17-4-3-5-19(24(17)35-2)30-20-10-22(28-13-18(20)23(34)16-7-8-16)31-21-9-6-15(11-26)12-27-21/h3-6,9-10,12-14,16H,7-8H2,1-2H3,(H2,27,28,30,31). The highest BCUT2D eigenvalue weighted by Gasteiger charge is 2.32. The van der Waals surface area contributed by atoms with Gasteiger partial charge in [0.2, 0.25) is 0 Å². The number of aryl methyl sites for hydroxylation is 1. The van der Waals surface area contributed by atoms with E-state index in [1.807, 2.05) is 24.3 Å². The lowest BCUT2D eigenvalue weighted by atomic mass is 10.1. The molecule has 1 fully saturated rings. The zero-order chi connectivity index (χ0) is 24.4. The van der Waals surface area contributed by atoms with Crippen molar-refractivity contribution in [2.45, 2.75) is 12.8 Å². The zero-order valence-corrected chi connectivity index (χ0v) is 19.2. The fourth-order valence-electron chi connectivity index (χ4n) is 3.69. The number of rotatable bonds is 8. The summed E-state index contributed by atoms with van der Waals surface area (Å²) in [6.45, 7) is 0. The van der Waals surface area contributed by atoms with Crippen LogP contribution in [0.15, 0.2) is 55.1 Å². The molecule has 1 aliphatic rings. The van der Waals surface area contributed by atoms with Crippen LogP contribution in [-0.4, -0.2) is 37.6 Å². The average Bonchev–Trinajstić information content (AvgIpc) is 3.64. The summed E-state index contributed by atoms with van der Waals surface area (Å²) in [6.07, 6.45) is 6.45.